The van der Waals surface area contributed by atoms with Crippen molar-refractivity contribution in [1.82, 2.24) is 5.32 Å². The van der Waals surface area contributed by atoms with E-state index in [-0.39, 0.29) is 5.91 Å². The lowest BCUT2D eigenvalue weighted by Gasteiger charge is -2.06. The van der Waals surface area contributed by atoms with Crippen molar-refractivity contribution in [3.05, 3.63) is 95.2 Å². The number of hydrogen-bond acceptors (Lipinski definition) is 2. The standard InChI is InChI=1S/C22H20N2O2/c1-2-23-22(25)20-12-14-21(15-13-20)24(26)16-17-8-10-19(11-9-17)18-6-4-3-5-7-18/h3-16H,2H2,1H3,(H,23,25)/b24-16+. The van der Waals surface area contributed by atoms with E-state index in [0.717, 1.165) is 21.4 Å². The van der Waals surface area contributed by atoms with Crippen LogP contribution in [0, 0.1) is 5.21 Å². The molecule has 0 radical (unpaired) electrons. The summed E-state index contributed by atoms with van der Waals surface area (Å²) in [5, 5.41) is 15.1. The van der Waals surface area contributed by atoms with Gasteiger partial charge in [0.25, 0.3) is 5.91 Å². The summed E-state index contributed by atoms with van der Waals surface area (Å²) in [6.45, 7) is 2.44. The minimum Gasteiger partial charge on any atom is -0.618 e. The number of nitrogens with one attached hydrogen (secondary N) is 1. The smallest absolute Gasteiger partial charge is 0.251 e. The van der Waals surface area contributed by atoms with Crippen molar-refractivity contribution < 1.29 is 9.53 Å². The van der Waals surface area contributed by atoms with Gasteiger partial charge in [0, 0.05) is 29.8 Å². The van der Waals surface area contributed by atoms with Gasteiger partial charge in [-0.2, -0.15) is 4.74 Å². The first-order chi connectivity index (χ1) is 12.7. The van der Waals surface area contributed by atoms with E-state index in [4.69, 9.17) is 0 Å². The summed E-state index contributed by atoms with van der Waals surface area (Å²) in [6.07, 6.45) is 1.52. The Morgan fingerprint density at radius 3 is 2.15 bits per heavy atom. The Balaban J connectivity index is 1.76. The fraction of sp³-hybridized carbons (Fsp3) is 0.0909. The number of hydrogen-bond donors (Lipinski definition) is 1. The molecule has 3 aromatic rings. The van der Waals surface area contributed by atoms with E-state index in [1.807, 2.05) is 49.4 Å². The average molecular weight is 344 g/mol. The molecule has 0 saturated heterocycles. The summed E-state index contributed by atoms with van der Waals surface area (Å²) in [7, 11) is 0. The maximum Gasteiger partial charge on any atom is 0.251 e. The van der Waals surface area contributed by atoms with Crippen LogP contribution < -0.4 is 5.32 Å². The summed E-state index contributed by atoms with van der Waals surface area (Å²) in [4.78, 5) is 11.8. The lowest BCUT2D eigenvalue weighted by molar-refractivity contribution is -0.354. The van der Waals surface area contributed by atoms with E-state index in [0.29, 0.717) is 17.8 Å². The Kier molecular flexibility index (Phi) is 5.44. The number of carbonyl (C=O) groups is 1. The van der Waals surface area contributed by atoms with Gasteiger partial charge in [-0.1, -0.05) is 42.5 Å². The molecule has 0 bridgehead atoms. The maximum absolute atomic E-state index is 12.3. The molecule has 0 heterocycles. The molecule has 0 unspecified atom stereocenters. The molecule has 0 aliphatic rings. The molecule has 3 rings (SSSR count). The first-order valence-corrected chi connectivity index (χ1v) is 8.52. The molecule has 1 amide bonds. The van der Waals surface area contributed by atoms with Crippen LogP contribution >= 0.6 is 0 Å². The van der Waals surface area contributed by atoms with Crippen LogP contribution in [0.1, 0.15) is 22.8 Å². The highest BCUT2D eigenvalue weighted by atomic mass is 16.5. The molecule has 0 fully saturated rings. The molecule has 0 aliphatic carbocycles. The van der Waals surface area contributed by atoms with E-state index in [2.05, 4.69) is 17.4 Å². The van der Waals surface area contributed by atoms with E-state index in [1.54, 1.807) is 24.3 Å². The Morgan fingerprint density at radius 1 is 0.923 bits per heavy atom. The number of carbonyl (C=O) groups excluding carboxylic acids is 1. The van der Waals surface area contributed by atoms with Crippen LogP contribution in [0.4, 0.5) is 5.69 Å². The Labute approximate surface area is 153 Å². The van der Waals surface area contributed by atoms with Gasteiger partial charge in [0.2, 0.25) is 5.69 Å². The third-order valence-electron chi connectivity index (χ3n) is 4.01. The SMILES string of the molecule is CCNC(=O)c1ccc(/[N+]([O-])=C\c2ccc(-c3ccccc3)cc2)cc1. The zero-order valence-corrected chi connectivity index (χ0v) is 14.6. The molecule has 4 heteroatoms. The van der Waals surface area contributed by atoms with E-state index < -0.39 is 0 Å². The van der Waals surface area contributed by atoms with Gasteiger partial charge in [0.05, 0.1) is 0 Å². The molecule has 26 heavy (non-hydrogen) atoms. The van der Waals surface area contributed by atoms with Crippen LogP contribution in [-0.2, 0) is 0 Å². The predicted molar refractivity (Wildman–Crippen MR) is 105 cm³/mol. The topological polar surface area (TPSA) is 55.2 Å². The van der Waals surface area contributed by atoms with E-state index in [1.165, 1.54) is 6.21 Å². The van der Waals surface area contributed by atoms with Crippen LogP contribution in [0.25, 0.3) is 11.1 Å². The van der Waals surface area contributed by atoms with Crippen LogP contribution in [0.15, 0.2) is 78.9 Å². The van der Waals surface area contributed by atoms with Gasteiger partial charge < -0.3 is 10.5 Å². The summed E-state index contributed by atoms with van der Waals surface area (Å²) in [5.41, 5.74) is 4.07. The Bertz CT molecular complexity index is 899. The molecule has 0 aromatic heterocycles. The molecule has 3 aromatic carbocycles. The highest BCUT2D eigenvalue weighted by Gasteiger charge is 2.07. The second-order valence-electron chi connectivity index (χ2n) is 5.85. The fourth-order valence-electron chi connectivity index (χ4n) is 2.62. The second kappa shape index (κ2) is 8.12. The predicted octanol–water partition coefficient (Wildman–Crippen LogP) is 4.36. The number of benzene rings is 3. The largest absolute Gasteiger partial charge is 0.618 e. The van der Waals surface area contributed by atoms with E-state index >= 15 is 0 Å². The maximum atomic E-state index is 12.3. The van der Waals surface area contributed by atoms with Gasteiger partial charge in [-0.25, -0.2) is 0 Å². The number of rotatable bonds is 5. The van der Waals surface area contributed by atoms with Gasteiger partial charge >= 0.3 is 0 Å². The molecular formula is C22H20N2O2. The van der Waals surface area contributed by atoms with Crippen molar-refractivity contribution in [2.75, 3.05) is 6.54 Å². The Hall–Kier alpha value is -3.40. The second-order valence-corrected chi connectivity index (χ2v) is 5.85. The van der Waals surface area contributed by atoms with Crippen molar-refractivity contribution in [2.24, 2.45) is 0 Å². The van der Waals surface area contributed by atoms with Crippen molar-refractivity contribution in [1.29, 1.82) is 0 Å². The van der Waals surface area contributed by atoms with Gasteiger partial charge in [-0.3, -0.25) is 4.79 Å². The first kappa shape index (κ1) is 17.4. The fourth-order valence-corrected chi connectivity index (χ4v) is 2.62. The molecule has 0 aliphatic heterocycles. The van der Waals surface area contributed by atoms with Crippen molar-refractivity contribution >= 4 is 17.8 Å². The molecule has 4 nitrogen and oxygen atoms in total. The van der Waals surface area contributed by atoms with Crippen molar-refractivity contribution in [3.8, 4) is 11.1 Å². The molecule has 130 valence electrons. The van der Waals surface area contributed by atoms with Crippen LogP contribution in [0.5, 0.6) is 0 Å². The zero-order chi connectivity index (χ0) is 18.4. The quantitative estimate of drug-likeness (QED) is 0.323. The summed E-state index contributed by atoms with van der Waals surface area (Å²) in [6, 6.07) is 24.5. The number of amides is 1. The minimum absolute atomic E-state index is 0.142. The first-order valence-electron chi connectivity index (χ1n) is 8.52. The van der Waals surface area contributed by atoms with Crippen LogP contribution in [-0.4, -0.2) is 23.4 Å². The van der Waals surface area contributed by atoms with Gasteiger partial charge in [-0.05, 0) is 42.3 Å². The van der Waals surface area contributed by atoms with Gasteiger partial charge in [0.1, 0.15) is 0 Å². The van der Waals surface area contributed by atoms with Crippen LogP contribution in [0.3, 0.4) is 0 Å². The zero-order valence-electron chi connectivity index (χ0n) is 14.6. The number of nitrogens with zero attached hydrogens (tertiary/aromatic N) is 1. The molecular weight excluding hydrogens is 324 g/mol. The monoisotopic (exact) mass is 344 g/mol. The molecule has 0 spiro atoms. The van der Waals surface area contributed by atoms with Crippen molar-refractivity contribution in [2.45, 2.75) is 6.92 Å². The average Bonchev–Trinajstić information content (AvgIpc) is 2.69. The van der Waals surface area contributed by atoms with Gasteiger partial charge in [0.15, 0.2) is 6.21 Å². The van der Waals surface area contributed by atoms with Gasteiger partial charge in [-0.15, -0.1) is 0 Å². The highest BCUT2D eigenvalue weighted by Crippen LogP contribution is 2.19. The summed E-state index contributed by atoms with van der Waals surface area (Å²) < 4.78 is 0.805. The minimum atomic E-state index is -0.142. The molecule has 0 saturated carbocycles. The molecule has 1 N–H and O–H groups in total. The normalized spacial score (nSPS) is 11.2. The lowest BCUT2D eigenvalue weighted by atomic mass is 10.0. The van der Waals surface area contributed by atoms with E-state index in [9.17, 15) is 10.0 Å². The third kappa shape index (κ3) is 4.16. The lowest BCUT2D eigenvalue weighted by Crippen LogP contribution is -2.22. The molecule has 0 atom stereocenters. The highest BCUT2D eigenvalue weighted by molar-refractivity contribution is 5.94. The third-order valence-corrected chi connectivity index (χ3v) is 4.01. The summed E-state index contributed by atoms with van der Waals surface area (Å²) >= 11 is 0. The van der Waals surface area contributed by atoms with Crippen molar-refractivity contribution in [3.63, 3.8) is 0 Å². The Morgan fingerprint density at radius 2 is 1.54 bits per heavy atom. The van der Waals surface area contributed by atoms with Crippen LogP contribution in [0.2, 0.25) is 0 Å². The summed E-state index contributed by atoms with van der Waals surface area (Å²) in [5.74, 6) is -0.142.